The molecule has 1 aliphatic rings. The van der Waals surface area contributed by atoms with E-state index in [1.165, 1.54) is 19.4 Å². The number of aromatic nitrogens is 4. The predicted octanol–water partition coefficient (Wildman–Crippen LogP) is 4.49. The van der Waals surface area contributed by atoms with Crippen molar-refractivity contribution in [2.45, 2.75) is 7.43 Å². The third-order valence-corrected chi connectivity index (χ3v) is 6.29. The number of nitro benzene ring substituents is 1. The average Bonchev–Trinajstić information content (AvgIpc) is 3.29. The van der Waals surface area contributed by atoms with Gasteiger partial charge in [0, 0.05) is 50.1 Å². The Bertz CT molecular complexity index is 1400. The number of rotatable bonds is 6. The second-order valence-electron chi connectivity index (χ2n) is 8.19. The van der Waals surface area contributed by atoms with Gasteiger partial charge in [-0.2, -0.15) is 5.10 Å². The normalized spacial score (nSPS) is 13.9. The van der Waals surface area contributed by atoms with Crippen molar-refractivity contribution in [2.75, 3.05) is 50.6 Å². The molecule has 11 nitrogen and oxygen atoms in total. The van der Waals surface area contributed by atoms with E-state index in [1.807, 2.05) is 36.3 Å². The molecule has 4 heterocycles. The van der Waals surface area contributed by atoms with Crippen LogP contribution in [0.4, 0.5) is 23.0 Å². The van der Waals surface area contributed by atoms with E-state index in [9.17, 15) is 10.1 Å². The van der Waals surface area contributed by atoms with Gasteiger partial charge in [0.05, 0.1) is 46.3 Å². The minimum Gasteiger partial charge on any atom is -0.494 e. The Morgan fingerprint density at radius 3 is 2.67 bits per heavy atom. The van der Waals surface area contributed by atoms with Crippen molar-refractivity contribution in [3.8, 4) is 17.0 Å². The van der Waals surface area contributed by atoms with Crippen molar-refractivity contribution in [1.82, 2.24) is 24.5 Å². The molecular formula is C24H27ClN8O3. The minimum absolute atomic E-state index is 0. The van der Waals surface area contributed by atoms with E-state index in [2.05, 4.69) is 25.3 Å². The molecule has 0 amide bonds. The van der Waals surface area contributed by atoms with Gasteiger partial charge >= 0.3 is 0 Å². The van der Waals surface area contributed by atoms with Crippen LogP contribution in [0.2, 0.25) is 5.02 Å². The minimum atomic E-state index is -0.384. The van der Waals surface area contributed by atoms with E-state index in [0.29, 0.717) is 40.9 Å². The van der Waals surface area contributed by atoms with E-state index >= 15 is 0 Å². The smallest absolute Gasteiger partial charge is 0.294 e. The van der Waals surface area contributed by atoms with Crippen molar-refractivity contribution in [2.24, 2.45) is 0 Å². The SMILES string of the molecule is C.COc1cc(N2CCN(C)CC2)c([N+](=O)[O-])cc1Nc1ncc(Cl)c(-c2cnn3ccccc23)n1. The quantitative estimate of drug-likeness (QED) is 0.296. The highest BCUT2D eigenvalue weighted by atomic mass is 35.5. The zero-order chi connectivity index (χ0) is 24.5. The number of nitro groups is 1. The van der Waals surface area contributed by atoms with Crippen LogP contribution in [0.1, 0.15) is 7.43 Å². The van der Waals surface area contributed by atoms with E-state index < -0.39 is 0 Å². The average molecular weight is 511 g/mol. The summed E-state index contributed by atoms with van der Waals surface area (Å²) in [6, 6.07) is 8.84. The summed E-state index contributed by atoms with van der Waals surface area (Å²) in [4.78, 5) is 24.6. The van der Waals surface area contributed by atoms with Crippen LogP contribution >= 0.6 is 11.6 Å². The second kappa shape index (κ2) is 10.3. The van der Waals surface area contributed by atoms with E-state index in [0.717, 1.165) is 24.2 Å². The standard InChI is InChI=1S/C23H23ClN8O3.CH4/c1-29-7-9-30(10-8-29)19-12-21(35-2)17(11-20(19)32(33)34)27-23-25-14-16(24)22(28-23)15-13-26-31-6-4-3-5-18(15)31;/h3-6,11-14H,7-10H2,1-2H3,(H,25,27,28);1H4. The van der Waals surface area contributed by atoms with Gasteiger partial charge in [0.25, 0.3) is 5.69 Å². The number of halogens is 1. The van der Waals surface area contributed by atoms with Gasteiger partial charge in [0.1, 0.15) is 11.4 Å². The van der Waals surface area contributed by atoms with Crippen LogP contribution in [0.25, 0.3) is 16.8 Å². The van der Waals surface area contributed by atoms with Crippen LogP contribution in [0.5, 0.6) is 5.75 Å². The molecule has 0 saturated carbocycles. The maximum Gasteiger partial charge on any atom is 0.294 e. The zero-order valence-corrected chi connectivity index (χ0v) is 19.9. The Balaban J connectivity index is 0.00000304. The summed E-state index contributed by atoms with van der Waals surface area (Å²) < 4.78 is 7.30. The predicted molar refractivity (Wildman–Crippen MR) is 141 cm³/mol. The molecule has 5 rings (SSSR count). The van der Waals surface area contributed by atoms with Crippen molar-refractivity contribution in [3.05, 3.63) is 64.1 Å². The molecule has 3 aromatic heterocycles. The van der Waals surface area contributed by atoms with Gasteiger partial charge in [0.2, 0.25) is 5.95 Å². The number of fused-ring (bicyclic) bond motifs is 1. The molecule has 1 fully saturated rings. The molecule has 0 bridgehead atoms. The molecule has 1 aliphatic heterocycles. The summed E-state index contributed by atoms with van der Waals surface area (Å²) in [5, 5.41) is 19.7. The number of anilines is 3. The first-order valence-electron chi connectivity index (χ1n) is 11.0. The fraction of sp³-hybridized carbons (Fsp3) is 0.292. The molecule has 0 unspecified atom stereocenters. The van der Waals surface area contributed by atoms with Gasteiger partial charge < -0.3 is 19.9 Å². The highest BCUT2D eigenvalue weighted by Crippen LogP contribution is 2.40. The lowest BCUT2D eigenvalue weighted by Gasteiger charge is -2.34. The Hall–Kier alpha value is -3.96. The van der Waals surface area contributed by atoms with Gasteiger partial charge in [-0.3, -0.25) is 10.1 Å². The maximum atomic E-state index is 12.0. The monoisotopic (exact) mass is 510 g/mol. The number of nitrogens with zero attached hydrogens (tertiary/aromatic N) is 7. The van der Waals surface area contributed by atoms with Gasteiger partial charge in [-0.1, -0.05) is 25.1 Å². The van der Waals surface area contributed by atoms with Crippen LogP contribution in [-0.2, 0) is 0 Å². The lowest BCUT2D eigenvalue weighted by atomic mass is 10.1. The van der Waals surface area contributed by atoms with Crippen LogP contribution in [-0.4, -0.2) is 69.7 Å². The highest BCUT2D eigenvalue weighted by molar-refractivity contribution is 6.33. The van der Waals surface area contributed by atoms with Crippen LogP contribution in [0.3, 0.4) is 0 Å². The Kier molecular flexibility index (Phi) is 7.22. The number of hydrogen-bond donors (Lipinski definition) is 1. The van der Waals surface area contributed by atoms with Gasteiger partial charge in [-0.05, 0) is 19.2 Å². The van der Waals surface area contributed by atoms with Gasteiger partial charge in [-0.25, -0.2) is 14.5 Å². The lowest BCUT2D eigenvalue weighted by Crippen LogP contribution is -2.44. The number of benzene rings is 1. The first-order valence-corrected chi connectivity index (χ1v) is 11.3. The fourth-order valence-electron chi connectivity index (χ4n) is 4.12. The second-order valence-corrected chi connectivity index (χ2v) is 8.60. The molecule has 0 aliphatic carbocycles. The van der Waals surface area contributed by atoms with Gasteiger partial charge in [0.15, 0.2) is 0 Å². The topological polar surface area (TPSA) is 114 Å². The Labute approximate surface area is 213 Å². The summed E-state index contributed by atoms with van der Waals surface area (Å²) in [6.07, 6.45) is 5.00. The molecule has 1 saturated heterocycles. The molecule has 0 atom stereocenters. The Morgan fingerprint density at radius 1 is 1.17 bits per heavy atom. The molecule has 12 heteroatoms. The number of nitrogens with one attached hydrogen (secondary N) is 1. The number of pyridine rings is 1. The fourth-order valence-corrected chi connectivity index (χ4v) is 4.32. The number of methoxy groups -OCH3 is 1. The third kappa shape index (κ3) is 4.75. The van der Waals surface area contributed by atoms with Crippen molar-refractivity contribution < 1.29 is 9.66 Å². The van der Waals surface area contributed by atoms with Crippen molar-refractivity contribution in [1.29, 1.82) is 0 Å². The number of ether oxygens (including phenoxy) is 1. The molecule has 4 aromatic rings. The van der Waals surface area contributed by atoms with Crippen LogP contribution < -0.4 is 15.0 Å². The molecule has 36 heavy (non-hydrogen) atoms. The van der Waals surface area contributed by atoms with E-state index in [1.54, 1.807) is 16.8 Å². The highest BCUT2D eigenvalue weighted by Gasteiger charge is 2.26. The first-order chi connectivity index (χ1) is 16.9. The molecule has 188 valence electrons. The lowest BCUT2D eigenvalue weighted by molar-refractivity contribution is -0.384. The maximum absolute atomic E-state index is 12.0. The molecule has 0 radical (unpaired) electrons. The molecule has 1 N–H and O–H groups in total. The summed E-state index contributed by atoms with van der Waals surface area (Å²) in [5.74, 6) is 0.667. The number of piperazine rings is 1. The summed E-state index contributed by atoms with van der Waals surface area (Å²) in [6.45, 7) is 3.03. The third-order valence-electron chi connectivity index (χ3n) is 6.01. The van der Waals surface area contributed by atoms with Gasteiger partial charge in [-0.15, -0.1) is 0 Å². The molecule has 0 spiro atoms. The number of hydrogen-bond acceptors (Lipinski definition) is 9. The Morgan fingerprint density at radius 2 is 1.94 bits per heavy atom. The van der Waals surface area contributed by atoms with Crippen molar-refractivity contribution >= 4 is 40.1 Å². The molecule has 1 aromatic carbocycles. The summed E-state index contributed by atoms with van der Waals surface area (Å²) in [5.41, 5.74) is 2.95. The van der Waals surface area contributed by atoms with Crippen LogP contribution in [0, 0.1) is 10.1 Å². The molecular weight excluding hydrogens is 484 g/mol. The summed E-state index contributed by atoms with van der Waals surface area (Å²) in [7, 11) is 3.56. The summed E-state index contributed by atoms with van der Waals surface area (Å²) >= 11 is 6.42. The zero-order valence-electron chi connectivity index (χ0n) is 19.2. The van der Waals surface area contributed by atoms with E-state index in [-0.39, 0.29) is 24.0 Å². The van der Waals surface area contributed by atoms with E-state index in [4.69, 9.17) is 16.3 Å². The number of likely N-dealkylation sites (N-methyl/N-ethyl adjacent to an activating group) is 1. The van der Waals surface area contributed by atoms with Crippen molar-refractivity contribution in [3.63, 3.8) is 0 Å². The largest absolute Gasteiger partial charge is 0.494 e. The first kappa shape index (κ1) is 25.1. The van der Waals surface area contributed by atoms with Crippen LogP contribution in [0.15, 0.2) is 48.9 Å².